The van der Waals surface area contributed by atoms with Crippen LogP contribution in [0.5, 0.6) is 0 Å². The van der Waals surface area contributed by atoms with Crippen LogP contribution >= 0.6 is 0 Å². The maximum atomic E-state index is 10.8. The van der Waals surface area contributed by atoms with Crippen LogP contribution in [0.15, 0.2) is 24.3 Å². The molecule has 1 saturated carbocycles. The van der Waals surface area contributed by atoms with Crippen molar-refractivity contribution < 1.29 is 4.79 Å². The second-order valence-electron chi connectivity index (χ2n) is 4.68. The Bertz CT molecular complexity index is 366. The van der Waals surface area contributed by atoms with E-state index in [1.165, 1.54) is 19.8 Å². The van der Waals surface area contributed by atoms with Crippen molar-refractivity contribution in [1.29, 1.82) is 0 Å². The average molecular weight is 218 g/mol. The zero-order valence-corrected chi connectivity index (χ0v) is 9.79. The molecule has 3 heteroatoms. The summed E-state index contributed by atoms with van der Waals surface area (Å²) in [6, 6.07) is 8.49. The highest BCUT2D eigenvalue weighted by atomic mass is 16.1. The Kier molecular flexibility index (Phi) is 3.13. The number of amides is 1. The van der Waals surface area contributed by atoms with Gasteiger partial charge in [-0.05, 0) is 43.0 Å². The van der Waals surface area contributed by atoms with Crippen LogP contribution in [0.2, 0.25) is 0 Å². The van der Waals surface area contributed by atoms with E-state index in [4.69, 9.17) is 0 Å². The second kappa shape index (κ2) is 4.56. The fourth-order valence-corrected chi connectivity index (χ4v) is 2.11. The van der Waals surface area contributed by atoms with Gasteiger partial charge >= 0.3 is 0 Å². The van der Waals surface area contributed by atoms with Gasteiger partial charge in [-0.2, -0.15) is 0 Å². The molecule has 0 bridgehead atoms. The Morgan fingerprint density at radius 2 is 1.75 bits per heavy atom. The first kappa shape index (κ1) is 11.0. The fourth-order valence-electron chi connectivity index (χ4n) is 2.11. The molecule has 0 heterocycles. The molecule has 0 aromatic heterocycles. The molecule has 1 aliphatic carbocycles. The Balaban J connectivity index is 1.89. The van der Waals surface area contributed by atoms with E-state index >= 15 is 0 Å². The second-order valence-corrected chi connectivity index (χ2v) is 4.68. The zero-order valence-electron chi connectivity index (χ0n) is 9.79. The van der Waals surface area contributed by atoms with Crippen LogP contribution in [0.25, 0.3) is 0 Å². The number of benzene rings is 1. The molecule has 1 aromatic rings. The van der Waals surface area contributed by atoms with Crippen LogP contribution in [0.1, 0.15) is 26.7 Å². The lowest BCUT2D eigenvalue weighted by molar-refractivity contribution is -0.114. The van der Waals surface area contributed by atoms with Crippen molar-refractivity contribution in [3.05, 3.63) is 24.3 Å². The molecule has 2 N–H and O–H groups in total. The van der Waals surface area contributed by atoms with Gasteiger partial charge in [0.1, 0.15) is 0 Å². The summed E-state index contributed by atoms with van der Waals surface area (Å²) in [4.78, 5) is 10.8. The molecule has 3 nitrogen and oxygen atoms in total. The minimum absolute atomic E-state index is 0.0338. The first-order valence-corrected chi connectivity index (χ1v) is 5.77. The first-order chi connectivity index (χ1) is 7.63. The summed E-state index contributed by atoms with van der Waals surface area (Å²) in [5.74, 6) is 0.824. The number of hydrogen-bond donors (Lipinski definition) is 2. The number of carbonyl (C=O) groups excluding carboxylic acids is 1. The summed E-state index contributed by atoms with van der Waals surface area (Å²) in [6.07, 6.45) is 2.51. The van der Waals surface area contributed by atoms with Crippen LogP contribution in [0.3, 0.4) is 0 Å². The summed E-state index contributed by atoms with van der Waals surface area (Å²) in [5, 5.41) is 6.23. The van der Waals surface area contributed by atoms with Gasteiger partial charge in [0.25, 0.3) is 0 Å². The van der Waals surface area contributed by atoms with Crippen molar-refractivity contribution in [3.8, 4) is 0 Å². The molecule has 0 spiro atoms. The minimum Gasteiger partial charge on any atom is -0.382 e. The molecule has 1 amide bonds. The third-order valence-corrected chi connectivity index (χ3v) is 2.95. The van der Waals surface area contributed by atoms with E-state index in [9.17, 15) is 4.79 Å². The number of nitrogens with one attached hydrogen (secondary N) is 2. The molecule has 0 radical (unpaired) electrons. The lowest BCUT2D eigenvalue weighted by atomic mass is 9.82. The lowest BCUT2D eigenvalue weighted by Crippen LogP contribution is -2.33. The van der Waals surface area contributed by atoms with E-state index in [2.05, 4.69) is 17.6 Å². The van der Waals surface area contributed by atoms with Gasteiger partial charge in [-0.15, -0.1) is 0 Å². The lowest BCUT2D eigenvalue weighted by Gasteiger charge is -2.34. The van der Waals surface area contributed by atoms with Crippen LogP contribution < -0.4 is 10.6 Å². The largest absolute Gasteiger partial charge is 0.382 e. The molecule has 86 valence electrons. The summed E-state index contributed by atoms with van der Waals surface area (Å²) in [6.45, 7) is 3.79. The summed E-state index contributed by atoms with van der Waals surface area (Å²) in [5.41, 5.74) is 1.98. The Morgan fingerprint density at radius 3 is 2.25 bits per heavy atom. The molecular weight excluding hydrogens is 200 g/mol. The predicted octanol–water partition coefficient (Wildman–Crippen LogP) is 2.86. The molecular formula is C13H18N2O. The molecule has 1 fully saturated rings. The average Bonchev–Trinajstić information content (AvgIpc) is 2.18. The zero-order chi connectivity index (χ0) is 11.5. The van der Waals surface area contributed by atoms with E-state index in [0.717, 1.165) is 17.3 Å². The number of rotatable bonds is 3. The number of anilines is 2. The van der Waals surface area contributed by atoms with Crippen LogP contribution in [0, 0.1) is 5.92 Å². The molecule has 0 saturated heterocycles. The smallest absolute Gasteiger partial charge is 0.221 e. The van der Waals surface area contributed by atoms with Crippen molar-refractivity contribution in [3.63, 3.8) is 0 Å². The van der Waals surface area contributed by atoms with Gasteiger partial charge in [0, 0.05) is 24.3 Å². The normalized spacial score (nSPS) is 23.4. The van der Waals surface area contributed by atoms with E-state index < -0.39 is 0 Å². The molecule has 0 aliphatic heterocycles. The fraction of sp³-hybridized carbons (Fsp3) is 0.462. The first-order valence-electron chi connectivity index (χ1n) is 5.77. The van der Waals surface area contributed by atoms with Gasteiger partial charge in [-0.3, -0.25) is 4.79 Å². The van der Waals surface area contributed by atoms with Gasteiger partial charge in [-0.1, -0.05) is 6.92 Å². The topological polar surface area (TPSA) is 41.1 Å². The Labute approximate surface area is 96.2 Å². The molecule has 1 aliphatic rings. The van der Waals surface area contributed by atoms with Gasteiger partial charge in [-0.25, -0.2) is 0 Å². The van der Waals surface area contributed by atoms with E-state index in [1.807, 2.05) is 24.3 Å². The standard InChI is InChI=1S/C13H18N2O/c1-9-7-13(8-9)15-12-5-3-11(4-6-12)14-10(2)16/h3-6,9,13,15H,7-8H2,1-2H3,(H,14,16). The minimum atomic E-state index is -0.0338. The Hall–Kier alpha value is -1.51. The van der Waals surface area contributed by atoms with Gasteiger partial charge < -0.3 is 10.6 Å². The highest BCUT2D eigenvalue weighted by molar-refractivity contribution is 5.88. The van der Waals surface area contributed by atoms with Crippen LogP contribution in [-0.2, 0) is 4.79 Å². The molecule has 2 rings (SSSR count). The number of carbonyl (C=O) groups is 1. The van der Waals surface area contributed by atoms with Crippen molar-refractivity contribution in [1.82, 2.24) is 0 Å². The van der Waals surface area contributed by atoms with Crippen molar-refractivity contribution in [2.75, 3.05) is 10.6 Å². The molecule has 16 heavy (non-hydrogen) atoms. The van der Waals surface area contributed by atoms with E-state index in [-0.39, 0.29) is 5.91 Å². The highest BCUT2D eigenvalue weighted by Crippen LogP contribution is 2.29. The molecule has 0 unspecified atom stereocenters. The maximum Gasteiger partial charge on any atom is 0.221 e. The third-order valence-electron chi connectivity index (χ3n) is 2.95. The number of hydrogen-bond acceptors (Lipinski definition) is 2. The van der Waals surface area contributed by atoms with Crippen molar-refractivity contribution >= 4 is 17.3 Å². The third kappa shape index (κ3) is 2.75. The van der Waals surface area contributed by atoms with Gasteiger partial charge in [0.2, 0.25) is 5.91 Å². The van der Waals surface area contributed by atoms with Crippen molar-refractivity contribution in [2.24, 2.45) is 5.92 Å². The molecule has 0 atom stereocenters. The Morgan fingerprint density at radius 1 is 1.19 bits per heavy atom. The maximum absolute atomic E-state index is 10.8. The van der Waals surface area contributed by atoms with Crippen molar-refractivity contribution in [2.45, 2.75) is 32.7 Å². The molecule has 1 aromatic carbocycles. The summed E-state index contributed by atoms with van der Waals surface area (Å²) < 4.78 is 0. The monoisotopic (exact) mass is 218 g/mol. The van der Waals surface area contributed by atoms with Crippen LogP contribution in [0.4, 0.5) is 11.4 Å². The quantitative estimate of drug-likeness (QED) is 0.819. The predicted molar refractivity (Wildman–Crippen MR) is 66.6 cm³/mol. The van der Waals surface area contributed by atoms with Gasteiger partial charge in [0.15, 0.2) is 0 Å². The van der Waals surface area contributed by atoms with E-state index in [1.54, 1.807) is 0 Å². The highest BCUT2D eigenvalue weighted by Gasteiger charge is 2.24. The summed E-state index contributed by atoms with van der Waals surface area (Å²) >= 11 is 0. The van der Waals surface area contributed by atoms with Gasteiger partial charge in [0.05, 0.1) is 0 Å². The van der Waals surface area contributed by atoms with Crippen LogP contribution in [-0.4, -0.2) is 11.9 Å². The summed E-state index contributed by atoms with van der Waals surface area (Å²) in [7, 11) is 0. The van der Waals surface area contributed by atoms with E-state index in [0.29, 0.717) is 6.04 Å². The SMILES string of the molecule is CC(=O)Nc1ccc(NC2CC(C)C2)cc1.